The highest BCUT2D eigenvalue weighted by atomic mass is 16.6. The van der Waals surface area contributed by atoms with Crippen LogP contribution in [-0.4, -0.2) is 55.0 Å². The number of hydrogen-bond acceptors (Lipinski definition) is 6. The number of aromatic nitrogens is 1. The van der Waals surface area contributed by atoms with Gasteiger partial charge in [0.15, 0.2) is 0 Å². The van der Waals surface area contributed by atoms with Crippen molar-refractivity contribution in [1.82, 2.24) is 15.6 Å². The van der Waals surface area contributed by atoms with Gasteiger partial charge in [-0.2, -0.15) is 0 Å². The third-order valence-electron chi connectivity index (χ3n) is 3.48. The van der Waals surface area contributed by atoms with E-state index in [1.807, 2.05) is 0 Å². The van der Waals surface area contributed by atoms with E-state index in [-0.39, 0.29) is 12.0 Å². The van der Waals surface area contributed by atoms with Crippen LogP contribution in [0.3, 0.4) is 0 Å². The van der Waals surface area contributed by atoms with Crippen LogP contribution in [0.25, 0.3) is 0 Å². The van der Waals surface area contributed by atoms with Crippen molar-refractivity contribution in [1.29, 1.82) is 0 Å². The van der Waals surface area contributed by atoms with Crippen LogP contribution in [0.2, 0.25) is 0 Å². The summed E-state index contributed by atoms with van der Waals surface area (Å²) in [4.78, 5) is 27.7. The Balaban J connectivity index is 1.64. The molecule has 2 amide bonds. The zero-order valence-corrected chi connectivity index (χ0v) is 15.5. The molecule has 0 aliphatic carbocycles. The lowest BCUT2D eigenvalue weighted by atomic mass is 10.2. The first-order chi connectivity index (χ1) is 12.3. The fraction of sp³-hybridized carbons (Fsp3) is 0.611. The molecule has 0 spiro atoms. The van der Waals surface area contributed by atoms with Gasteiger partial charge in [-0.05, 0) is 33.3 Å². The molecule has 1 fully saturated rings. The van der Waals surface area contributed by atoms with E-state index < -0.39 is 11.7 Å². The first-order valence-electron chi connectivity index (χ1n) is 8.79. The number of hydrogen-bond donors (Lipinski definition) is 2. The molecule has 2 heterocycles. The van der Waals surface area contributed by atoms with Crippen molar-refractivity contribution in [3.8, 4) is 5.88 Å². The molecule has 0 saturated carbocycles. The minimum absolute atomic E-state index is 0.0275. The Labute approximate surface area is 153 Å². The van der Waals surface area contributed by atoms with Crippen molar-refractivity contribution in [2.24, 2.45) is 0 Å². The smallest absolute Gasteiger partial charge is 0.407 e. The largest absolute Gasteiger partial charge is 0.472 e. The number of amides is 2. The molecule has 0 radical (unpaired) electrons. The Hall–Kier alpha value is -2.35. The average Bonchev–Trinajstić information content (AvgIpc) is 3.06. The van der Waals surface area contributed by atoms with Crippen LogP contribution >= 0.6 is 0 Å². The van der Waals surface area contributed by atoms with Crippen LogP contribution in [0.5, 0.6) is 5.88 Å². The molecule has 8 heteroatoms. The van der Waals surface area contributed by atoms with Crippen LogP contribution in [0.4, 0.5) is 4.79 Å². The fourth-order valence-electron chi connectivity index (χ4n) is 2.26. The highest BCUT2D eigenvalue weighted by Gasteiger charge is 2.18. The molecule has 8 nitrogen and oxygen atoms in total. The summed E-state index contributed by atoms with van der Waals surface area (Å²) >= 11 is 0. The molecule has 0 aromatic carbocycles. The predicted octanol–water partition coefficient (Wildman–Crippen LogP) is 1.89. The minimum Gasteiger partial charge on any atom is -0.472 e. The lowest BCUT2D eigenvalue weighted by molar-refractivity contribution is 0.0527. The zero-order valence-electron chi connectivity index (χ0n) is 15.5. The van der Waals surface area contributed by atoms with Crippen LogP contribution in [0, 0.1) is 0 Å². The molecule has 2 N–H and O–H groups in total. The summed E-state index contributed by atoms with van der Waals surface area (Å²) in [6, 6.07) is 3.35. The summed E-state index contributed by atoms with van der Waals surface area (Å²) in [6.45, 7) is 7.54. The minimum atomic E-state index is -0.522. The molecule has 1 atom stereocenters. The van der Waals surface area contributed by atoms with Gasteiger partial charge < -0.3 is 24.8 Å². The van der Waals surface area contributed by atoms with Crippen LogP contribution in [0.1, 0.15) is 44.0 Å². The number of rotatable bonds is 7. The van der Waals surface area contributed by atoms with Crippen molar-refractivity contribution in [3.05, 3.63) is 23.9 Å². The normalized spacial score (nSPS) is 16.8. The van der Waals surface area contributed by atoms with Gasteiger partial charge in [0.1, 0.15) is 11.7 Å². The number of ether oxygens (including phenoxy) is 3. The summed E-state index contributed by atoms with van der Waals surface area (Å²) in [7, 11) is 0. The summed E-state index contributed by atoms with van der Waals surface area (Å²) in [5.41, 5.74) is -0.0634. The quantitative estimate of drug-likeness (QED) is 0.716. The van der Waals surface area contributed by atoms with E-state index in [1.165, 1.54) is 6.20 Å². The molecule has 26 heavy (non-hydrogen) atoms. The molecule has 144 valence electrons. The van der Waals surface area contributed by atoms with E-state index >= 15 is 0 Å². The molecule has 1 unspecified atom stereocenters. The van der Waals surface area contributed by atoms with E-state index in [0.717, 1.165) is 6.42 Å². The second-order valence-corrected chi connectivity index (χ2v) is 7.03. The van der Waals surface area contributed by atoms with Crippen molar-refractivity contribution in [2.75, 3.05) is 26.3 Å². The number of pyridine rings is 1. The van der Waals surface area contributed by atoms with Crippen molar-refractivity contribution in [2.45, 2.75) is 45.3 Å². The number of carbonyl (C=O) groups is 2. The zero-order chi connectivity index (χ0) is 19.0. The Kier molecular flexibility index (Phi) is 7.20. The number of carbonyl (C=O) groups excluding carboxylic acids is 2. The van der Waals surface area contributed by atoms with Gasteiger partial charge in [-0.1, -0.05) is 0 Å². The standard InChI is InChI=1S/C18H27N3O5/c1-18(2,3)26-17(23)20-9-4-8-19-16(22)13-5-6-15(21-11-13)25-14-7-10-24-12-14/h5-6,11,14H,4,7-10,12H2,1-3H3,(H,19,22)(H,20,23). The van der Waals surface area contributed by atoms with E-state index in [2.05, 4.69) is 15.6 Å². The Morgan fingerprint density at radius 1 is 1.27 bits per heavy atom. The molecule has 0 bridgehead atoms. The van der Waals surface area contributed by atoms with E-state index in [4.69, 9.17) is 14.2 Å². The maximum absolute atomic E-state index is 12.1. The second-order valence-electron chi connectivity index (χ2n) is 7.03. The van der Waals surface area contributed by atoms with Gasteiger partial charge in [-0.25, -0.2) is 9.78 Å². The summed E-state index contributed by atoms with van der Waals surface area (Å²) in [5, 5.41) is 5.42. The molecule has 1 aliphatic rings. The third kappa shape index (κ3) is 7.26. The Morgan fingerprint density at radius 2 is 2.04 bits per heavy atom. The average molecular weight is 365 g/mol. The fourth-order valence-corrected chi connectivity index (χ4v) is 2.26. The van der Waals surface area contributed by atoms with Crippen molar-refractivity contribution >= 4 is 12.0 Å². The summed E-state index contributed by atoms with van der Waals surface area (Å²) < 4.78 is 16.0. The lowest BCUT2D eigenvalue weighted by Crippen LogP contribution is -2.34. The Bertz CT molecular complexity index is 592. The Morgan fingerprint density at radius 3 is 2.65 bits per heavy atom. The van der Waals surface area contributed by atoms with Gasteiger partial charge in [-0.15, -0.1) is 0 Å². The molecule has 1 saturated heterocycles. The van der Waals surface area contributed by atoms with E-state index in [9.17, 15) is 9.59 Å². The van der Waals surface area contributed by atoms with Crippen LogP contribution < -0.4 is 15.4 Å². The molecule has 2 rings (SSSR count). The second kappa shape index (κ2) is 9.38. The van der Waals surface area contributed by atoms with Crippen LogP contribution in [-0.2, 0) is 9.47 Å². The summed E-state index contributed by atoms with van der Waals surface area (Å²) in [5.74, 6) is 0.268. The molecule has 1 aromatic heterocycles. The monoisotopic (exact) mass is 365 g/mol. The van der Waals surface area contributed by atoms with Gasteiger partial charge >= 0.3 is 6.09 Å². The third-order valence-corrected chi connectivity index (χ3v) is 3.48. The van der Waals surface area contributed by atoms with Crippen LogP contribution in [0.15, 0.2) is 18.3 Å². The number of nitrogens with zero attached hydrogens (tertiary/aromatic N) is 1. The van der Waals surface area contributed by atoms with Gasteiger partial charge in [0.25, 0.3) is 5.91 Å². The lowest BCUT2D eigenvalue weighted by Gasteiger charge is -2.19. The van der Waals surface area contributed by atoms with Crippen molar-refractivity contribution in [3.63, 3.8) is 0 Å². The summed E-state index contributed by atoms with van der Waals surface area (Å²) in [6.07, 6.45) is 2.50. The highest BCUT2D eigenvalue weighted by Crippen LogP contribution is 2.14. The highest BCUT2D eigenvalue weighted by molar-refractivity contribution is 5.93. The topological polar surface area (TPSA) is 98.8 Å². The molecular weight excluding hydrogens is 338 g/mol. The van der Waals surface area contributed by atoms with E-state index in [1.54, 1.807) is 32.9 Å². The number of alkyl carbamates (subject to hydrolysis) is 1. The molecule has 1 aliphatic heterocycles. The van der Waals surface area contributed by atoms with Gasteiger partial charge in [-0.3, -0.25) is 4.79 Å². The molecule has 1 aromatic rings. The van der Waals surface area contributed by atoms with Gasteiger partial charge in [0.05, 0.1) is 18.8 Å². The van der Waals surface area contributed by atoms with Gasteiger partial charge in [0, 0.05) is 31.8 Å². The SMILES string of the molecule is CC(C)(C)OC(=O)NCCCNC(=O)c1ccc(OC2CCOC2)nc1. The predicted molar refractivity (Wildman–Crippen MR) is 95.3 cm³/mol. The van der Waals surface area contributed by atoms with E-state index in [0.29, 0.717) is 44.2 Å². The molecular formula is C18H27N3O5. The number of nitrogens with one attached hydrogen (secondary N) is 2. The first kappa shape index (κ1) is 20.0. The first-order valence-corrected chi connectivity index (χ1v) is 8.79. The maximum atomic E-state index is 12.1. The maximum Gasteiger partial charge on any atom is 0.407 e. The van der Waals surface area contributed by atoms with Crippen molar-refractivity contribution < 1.29 is 23.8 Å². The van der Waals surface area contributed by atoms with Gasteiger partial charge in [0.2, 0.25) is 5.88 Å².